The maximum absolute atomic E-state index is 6.49. The van der Waals surface area contributed by atoms with Gasteiger partial charge in [-0.1, -0.05) is 109 Å². The van der Waals surface area contributed by atoms with E-state index in [0.29, 0.717) is 37.9 Å². The third-order valence-corrected chi connectivity index (χ3v) is 8.36. The molecule has 6 aromatic rings. The molecule has 0 aliphatic carbocycles. The zero-order valence-corrected chi connectivity index (χ0v) is 26.8. The van der Waals surface area contributed by atoms with Crippen molar-refractivity contribution in [1.29, 1.82) is 0 Å². The first-order chi connectivity index (χ1) is 23.7. The molecule has 5 nitrogen and oxygen atoms in total. The summed E-state index contributed by atoms with van der Waals surface area (Å²) >= 11 is 0. The highest BCUT2D eigenvalue weighted by Gasteiger charge is 2.22. The van der Waals surface area contributed by atoms with E-state index in [1.165, 1.54) is 5.56 Å². The molecule has 0 bridgehead atoms. The molecule has 0 unspecified atom stereocenters. The van der Waals surface area contributed by atoms with Crippen molar-refractivity contribution in [3.63, 3.8) is 0 Å². The van der Waals surface area contributed by atoms with Gasteiger partial charge in [0.2, 0.25) is 0 Å². The van der Waals surface area contributed by atoms with Crippen molar-refractivity contribution >= 4 is 0 Å². The van der Waals surface area contributed by atoms with Crippen LogP contribution in [-0.4, -0.2) is 0 Å². The van der Waals surface area contributed by atoms with Crippen molar-refractivity contribution in [2.24, 2.45) is 0 Å². The predicted molar refractivity (Wildman–Crippen MR) is 188 cm³/mol. The fraction of sp³-hybridized carbons (Fsp3) is 0.163. The van der Waals surface area contributed by atoms with Crippen LogP contribution in [0, 0.1) is 0 Å². The Bertz CT molecular complexity index is 1910. The highest BCUT2D eigenvalue weighted by Crippen LogP contribution is 2.38. The van der Waals surface area contributed by atoms with Gasteiger partial charge in [0.1, 0.15) is 61.3 Å². The molecule has 0 saturated carbocycles. The van der Waals surface area contributed by atoms with Crippen molar-refractivity contribution in [1.82, 2.24) is 0 Å². The van der Waals surface area contributed by atoms with Crippen LogP contribution in [0.25, 0.3) is 0 Å². The van der Waals surface area contributed by atoms with Crippen molar-refractivity contribution < 1.29 is 23.7 Å². The molecule has 5 heteroatoms. The molecule has 7 rings (SSSR count). The maximum Gasteiger partial charge on any atom is 0.130 e. The summed E-state index contributed by atoms with van der Waals surface area (Å²) in [6.07, 6.45) is 1.72. The van der Waals surface area contributed by atoms with Crippen LogP contribution in [0.2, 0.25) is 0 Å². The van der Waals surface area contributed by atoms with Crippen LogP contribution in [0.15, 0.2) is 152 Å². The molecule has 0 N–H and O–H groups in total. The Kier molecular flexibility index (Phi) is 9.85. The first kappa shape index (κ1) is 30.9. The van der Waals surface area contributed by atoms with Gasteiger partial charge < -0.3 is 23.7 Å². The highest BCUT2D eigenvalue weighted by molar-refractivity contribution is 5.44. The van der Waals surface area contributed by atoms with E-state index in [-0.39, 0.29) is 6.10 Å². The Morgan fingerprint density at radius 2 is 1.02 bits per heavy atom. The molecule has 0 spiro atoms. The van der Waals surface area contributed by atoms with Crippen LogP contribution < -0.4 is 23.7 Å². The lowest BCUT2D eigenvalue weighted by Gasteiger charge is -2.27. The minimum absolute atomic E-state index is 0.103. The molecule has 48 heavy (non-hydrogen) atoms. The number of hydrogen-bond acceptors (Lipinski definition) is 5. The Morgan fingerprint density at radius 3 is 1.67 bits per heavy atom. The molecule has 0 saturated heterocycles. The smallest absolute Gasteiger partial charge is 0.130 e. The van der Waals surface area contributed by atoms with E-state index >= 15 is 0 Å². The second kappa shape index (κ2) is 15.3. The minimum atomic E-state index is -0.103. The molecule has 6 aromatic carbocycles. The molecular weight excluding hydrogens is 596 g/mol. The van der Waals surface area contributed by atoms with Crippen molar-refractivity contribution in [3.8, 4) is 28.7 Å². The molecule has 1 atom stereocenters. The lowest BCUT2D eigenvalue weighted by molar-refractivity contribution is 0.175. The van der Waals surface area contributed by atoms with Crippen LogP contribution in [0.5, 0.6) is 28.7 Å². The first-order valence-corrected chi connectivity index (χ1v) is 16.4. The Balaban J connectivity index is 1.12. The SMILES string of the molecule is c1ccc(COc2cc(OCc3ccc(OCc4ccccc4)cc3OCc3ccccc3)cc([C@H]3CCc4ccccc4O3)c2)cc1. The van der Waals surface area contributed by atoms with E-state index in [2.05, 4.69) is 60.7 Å². The number of aryl methyl sites for hydroxylation is 1. The molecule has 0 fully saturated rings. The van der Waals surface area contributed by atoms with Crippen LogP contribution >= 0.6 is 0 Å². The summed E-state index contributed by atoms with van der Waals surface area (Å²) in [7, 11) is 0. The quantitative estimate of drug-likeness (QED) is 0.127. The van der Waals surface area contributed by atoms with Gasteiger partial charge in [0, 0.05) is 17.7 Å². The van der Waals surface area contributed by atoms with E-state index in [4.69, 9.17) is 23.7 Å². The van der Waals surface area contributed by atoms with Crippen molar-refractivity contribution in [2.45, 2.75) is 45.4 Å². The van der Waals surface area contributed by atoms with Crippen molar-refractivity contribution in [2.75, 3.05) is 0 Å². The summed E-state index contributed by atoms with van der Waals surface area (Å²) in [5.41, 5.74) is 6.46. The lowest BCUT2D eigenvalue weighted by atomic mass is 9.97. The third-order valence-electron chi connectivity index (χ3n) is 8.36. The van der Waals surface area contributed by atoms with E-state index in [9.17, 15) is 0 Å². The fourth-order valence-corrected chi connectivity index (χ4v) is 5.76. The van der Waals surface area contributed by atoms with Gasteiger partial charge in [0.25, 0.3) is 0 Å². The van der Waals surface area contributed by atoms with Gasteiger partial charge in [-0.3, -0.25) is 0 Å². The van der Waals surface area contributed by atoms with E-state index in [1.54, 1.807) is 0 Å². The summed E-state index contributed by atoms with van der Waals surface area (Å²) in [6, 6.07) is 50.7. The van der Waals surface area contributed by atoms with Crippen molar-refractivity contribution in [3.05, 3.63) is 185 Å². The van der Waals surface area contributed by atoms with Crippen LogP contribution in [0.3, 0.4) is 0 Å². The monoisotopic (exact) mass is 634 g/mol. The molecule has 0 amide bonds. The molecule has 0 aromatic heterocycles. The van der Waals surface area contributed by atoms with Gasteiger partial charge in [0.15, 0.2) is 0 Å². The number of fused-ring (bicyclic) bond motifs is 1. The lowest BCUT2D eigenvalue weighted by Crippen LogP contribution is -2.15. The minimum Gasteiger partial charge on any atom is -0.489 e. The van der Waals surface area contributed by atoms with Crippen LogP contribution in [0.4, 0.5) is 0 Å². The van der Waals surface area contributed by atoms with E-state index < -0.39 is 0 Å². The zero-order valence-electron chi connectivity index (χ0n) is 26.8. The van der Waals surface area contributed by atoms with Gasteiger partial charge in [-0.15, -0.1) is 0 Å². The van der Waals surface area contributed by atoms with Gasteiger partial charge in [-0.25, -0.2) is 0 Å². The van der Waals surface area contributed by atoms with Gasteiger partial charge >= 0.3 is 0 Å². The predicted octanol–water partition coefficient (Wildman–Crippen LogP) is 10.1. The van der Waals surface area contributed by atoms with Gasteiger partial charge in [-0.2, -0.15) is 0 Å². The average Bonchev–Trinajstić information content (AvgIpc) is 3.16. The number of benzene rings is 6. The molecule has 1 aliphatic rings. The number of ether oxygens (including phenoxy) is 5. The van der Waals surface area contributed by atoms with Gasteiger partial charge in [-0.05, 0) is 71.0 Å². The second-order valence-corrected chi connectivity index (χ2v) is 11.9. The molecule has 240 valence electrons. The Labute approximate surface area is 282 Å². The van der Waals surface area contributed by atoms with E-state index in [0.717, 1.165) is 57.9 Å². The topological polar surface area (TPSA) is 46.2 Å². The summed E-state index contributed by atoms with van der Waals surface area (Å²) in [5, 5.41) is 0. The molecular formula is C43H38O5. The third kappa shape index (κ3) is 8.18. The summed E-state index contributed by atoms with van der Waals surface area (Å²) in [4.78, 5) is 0. The Morgan fingerprint density at radius 1 is 0.479 bits per heavy atom. The highest BCUT2D eigenvalue weighted by atomic mass is 16.5. The largest absolute Gasteiger partial charge is 0.489 e. The van der Waals surface area contributed by atoms with Crippen LogP contribution in [0.1, 0.15) is 45.9 Å². The van der Waals surface area contributed by atoms with Crippen LogP contribution in [-0.2, 0) is 32.8 Å². The Hall–Kier alpha value is -5.68. The fourth-order valence-electron chi connectivity index (χ4n) is 5.76. The number of rotatable bonds is 13. The number of hydrogen-bond donors (Lipinski definition) is 0. The first-order valence-electron chi connectivity index (χ1n) is 16.4. The zero-order chi connectivity index (χ0) is 32.4. The summed E-state index contributed by atoms with van der Waals surface area (Å²) < 4.78 is 31.8. The summed E-state index contributed by atoms with van der Waals surface area (Å²) in [5.74, 6) is 3.82. The second-order valence-electron chi connectivity index (χ2n) is 11.9. The normalized spacial score (nSPS) is 13.5. The summed E-state index contributed by atoms with van der Waals surface area (Å²) in [6.45, 7) is 1.67. The molecule has 1 heterocycles. The van der Waals surface area contributed by atoms with Gasteiger partial charge in [0.05, 0.1) is 0 Å². The maximum atomic E-state index is 6.49. The van der Waals surface area contributed by atoms with E-state index in [1.807, 2.05) is 91.0 Å². The molecule has 0 radical (unpaired) electrons. The average molecular weight is 635 g/mol. The molecule has 1 aliphatic heterocycles. The number of para-hydroxylation sites is 1. The standard InChI is InChI=1S/C43H38O5/c1-4-12-32(13-5-1)28-44-38-22-20-36(43(27-38)47-30-34-16-8-3-9-17-34)31-46-40-25-37(42-23-21-35-18-10-11-19-41(35)48-42)24-39(26-40)45-29-33-14-6-2-7-15-33/h1-20,22,24-27,42H,21,23,28-31H2/t42-/m1/s1.